The van der Waals surface area contributed by atoms with E-state index in [1.54, 1.807) is 17.6 Å². The third-order valence-corrected chi connectivity index (χ3v) is 5.35. The number of hydrogen-bond donors (Lipinski definition) is 1. The molecule has 0 aliphatic carbocycles. The van der Waals surface area contributed by atoms with Crippen LogP contribution in [0, 0.1) is 0 Å². The Morgan fingerprint density at radius 1 is 1.43 bits per heavy atom. The zero-order valence-electron chi connectivity index (χ0n) is 12.7. The number of amides is 1. The highest BCUT2D eigenvalue weighted by molar-refractivity contribution is 7.84. The Bertz CT molecular complexity index is 476. The van der Waals surface area contributed by atoms with Gasteiger partial charge in [0.25, 0.3) is 0 Å². The van der Waals surface area contributed by atoms with Crippen molar-refractivity contribution >= 4 is 28.0 Å². The Morgan fingerprint density at radius 3 is 2.86 bits per heavy atom. The standard InChI is InChI=1S/C15H24N2O2S2/c1-3-4-6-13-15(18)17(8-5-10-21(2)19)14(16-13)12-7-9-20-11-12/h7,9,11,13-14,16H,3-6,8,10H2,1-2H3. The van der Waals surface area contributed by atoms with Crippen molar-refractivity contribution in [3.05, 3.63) is 22.4 Å². The van der Waals surface area contributed by atoms with Gasteiger partial charge in [0.15, 0.2) is 0 Å². The molecule has 118 valence electrons. The highest BCUT2D eigenvalue weighted by Crippen LogP contribution is 2.28. The molecule has 0 saturated carbocycles. The summed E-state index contributed by atoms with van der Waals surface area (Å²) in [4.78, 5) is 14.5. The van der Waals surface area contributed by atoms with E-state index >= 15 is 0 Å². The lowest BCUT2D eigenvalue weighted by molar-refractivity contribution is -0.130. The normalized spacial score (nSPS) is 23.7. The average Bonchev–Trinajstić information content (AvgIpc) is 3.06. The Kier molecular flexibility index (Phi) is 6.39. The second-order valence-electron chi connectivity index (χ2n) is 5.48. The monoisotopic (exact) mass is 328 g/mol. The van der Waals surface area contributed by atoms with Gasteiger partial charge in [-0.15, -0.1) is 0 Å². The van der Waals surface area contributed by atoms with Crippen LogP contribution in [0.3, 0.4) is 0 Å². The van der Waals surface area contributed by atoms with Gasteiger partial charge in [-0.25, -0.2) is 0 Å². The minimum atomic E-state index is -0.795. The molecular formula is C15H24N2O2S2. The molecule has 0 bridgehead atoms. The lowest BCUT2D eigenvalue weighted by atomic mass is 10.1. The van der Waals surface area contributed by atoms with Crippen molar-refractivity contribution in [3.8, 4) is 0 Å². The van der Waals surface area contributed by atoms with Gasteiger partial charge in [-0.1, -0.05) is 19.8 Å². The predicted octanol–water partition coefficient (Wildman–Crippen LogP) is 2.51. The number of carbonyl (C=O) groups excluding carboxylic acids is 1. The van der Waals surface area contributed by atoms with Crippen LogP contribution in [0.4, 0.5) is 0 Å². The summed E-state index contributed by atoms with van der Waals surface area (Å²) < 4.78 is 11.2. The van der Waals surface area contributed by atoms with Crippen molar-refractivity contribution < 1.29 is 9.00 Å². The van der Waals surface area contributed by atoms with Gasteiger partial charge in [0, 0.05) is 29.4 Å². The van der Waals surface area contributed by atoms with Crippen molar-refractivity contribution in [2.24, 2.45) is 0 Å². The summed E-state index contributed by atoms with van der Waals surface area (Å²) in [6, 6.07) is 2.00. The minimum absolute atomic E-state index is 0.0177. The largest absolute Gasteiger partial charge is 0.321 e. The molecule has 1 amide bonds. The molecule has 0 spiro atoms. The van der Waals surface area contributed by atoms with Crippen LogP contribution < -0.4 is 5.32 Å². The zero-order chi connectivity index (χ0) is 15.2. The molecule has 1 N–H and O–H groups in total. The summed E-state index contributed by atoms with van der Waals surface area (Å²) in [6.45, 7) is 2.82. The van der Waals surface area contributed by atoms with Crippen molar-refractivity contribution in [3.63, 3.8) is 0 Å². The summed E-state index contributed by atoms with van der Waals surface area (Å²) in [5.74, 6) is 0.848. The summed E-state index contributed by atoms with van der Waals surface area (Å²) in [5, 5.41) is 7.61. The third-order valence-electron chi connectivity index (χ3n) is 3.79. The average molecular weight is 329 g/mol. The lowest BCUT2D eigenvalue weighted by Gasteiger charge is -2.23. The molecule has 4 nitrogen and oxygen atoms in total. The molecule has 1 aromatic rings. The fraction of sp³-hybridized carbons (Fsp3) is 0.667. The molecule has 21 heavy (non-hydrogen) atoms. The predicted molar refractivity (Wildman–Crippen MR) is 88.8 cm³/mol. The third kappa shape index (κ3) is 4.37. The van der Waals surface area contributed by atoms with Gasteiger partial charge in [-0.3, -0.25) is 14.3 Å². The number of nitrogens with one attached hydrogen (secondary N) is 1. The number of rotatable bonds is 8. The fourth-order valence-corrected chi connectivity index (χ4v) is 3.89. The van der Waals surface area contributed by atoms with Crippen LogP contribution in [0.25, 0.3) is 0 Å². The second-order valence-corrected chi connectivity index (χ2v) is 7.82. The van der Waals surface area contributed by atoms with E-state index in [4.69, 9.17) is 0 Å². The van der Waals surface area contributed by atoms with Gasteiger partial charge >= 0.3 is 0 Å². The molecule has 1 saturated heterocycles. The Morgan fingerprint density at radius 2 is 2.24 bits per heavy atom. The fourth-order valence-electron chi connectivity index (χ4n) is 2.68. The van der Waals surface area contributed by atoms with Crippen LogP contribution in [0.15, 0.2) is 16.8 Å². The van der Waals surface area contributed by atoms with Gasteiger partial charge in [-0.2, -0.15) is 11.3 Å². The topological polar surface area (TPSA) is 49.4 Å². The van der Waals surface area contributed by atoms with E-state index in [9.17, 15) is 9.00 Å². The molecule has 1 aromatic heterocycles. The molecule has 6 heteroatoms. The smallest absolute Gasteiger partial charge is 0.241 e. The molecule has 0 radical (unpaired) electrons. The van der Waals surface area contributed by atoms with Crippen LogP contribution in [0.1, 0.15) is 44.3 Å². The summed E-state index contributed by atoms with van der Waals surface area (Å²) >= 11 is 1.65. The number of thiophene rings is 1. The molecule has 2 heterocycles. The maximum Gasteiger partial charge on any atom is 0.241 e. The highest BCUT2D eigenvalue weighted by Gasteiger charge is 2.38. The van der Waals surface area contributed by atoms with Gasteiger partial charge < -0.3 is 4.90 Å². The first-order chi connectivity index (χ1) is 10.1. The van der Waals surface area contributed by atoms with Crippen LogP contribution in [-0.4, -0.2) is 39.6 Å². The highest BCUT2D eigenvalue weighted by atomic mass is 32.2. The summed E-state index contributed by atoms with van der Waals surface area (Å²) in [5.41, 5.74) is 1.16. The van der Waals surface area contributed by atoms with Crippen molar-refractivity contribution in [1.82, 2.24) is 10.2 Å². The first kappa shape index (κ1) is 16.6. The van der Waals surface area contributed by atoms with Crippen molar-refractivity contribution in [2.75, 3.05) is 18.6 Å². The molecule has 1 aliphatic heterocycles. The van der Waals surface area contributed by atoms with Crippen molar-refractivity contribution in [2.45, 2.75) is 44.8 Å². The Labute approximate surface area is 133 Å². The number of carbonyl (C=O) groups is 1. The number of hydrogen-bond acceptors (Lipinski definition) is 4. The van der Waals surface area contributed by atoms with Crippen LogP contribution >= 0.6 is 11.3 Å². The van der Waals surface area contributed by atoms with Crippen LogP contribution in [0.2, 0.25) is 0 Å². The van der Waals surface area contributed by atoms with E-state index in [0.717, 1.165) is 31.2 Å². The molecule has 3 unspecified atom stereocenters. The van der Waals surface area contributed by atoms with Crippen LogP contribution in [-0.2, 0) is 15.6 Å². The molecule has 0 aromatic carbocycles. The molecule has 3 atom stereocenters. The first-order valence-corrected chi connectivity index (χ1v) is 10.2. The number of unbranched alkanes of at least 4 members (excludes halogenated alkanes) is 1. The molecular weight excluding hydrogens is 304 g/mol. The molecule has 2 rings (SSSR count). The quantitative estimate of drug-likeness (QED) is 0.798. The van der Waals surface area contributed by atoms with E-state index in [1.807, 2.05) is 10.3 Å². The van der Waals surface area contributed by atoms with Gasteiger partial charge in [-0.05, 0) is 35.2 Å². The van der Waals surface area contributed by atoms with E-state index in [0.29, 0.717) is 12.3 Å². The maximum atomic E-state index is 12.6. The van der Waals surface area contributed by atoms with E-state index in [-0.39, 0.29) is 18.1 Å². The Hall–Kier alpha value is -0.720. The first-order valence-electron chi connectivity index (χ1n) is 7.52. The SMILES string of the molecule is CCCCC1NC(c2ccsc2)N(CCCS(C)=O)C1=O. The molecule has 1 aliphatic rings. The minimum Gasteiger partial charge on any atom is -0.321 e. The summed E-state index contributed by atoms with van der Waals surface area (Å²) in [7, 11) is -0.795. The number of nitrogens with zero attached hydrogens (tertiary/aromatic N) is 1. The van der Waals surface area contributed by atoms with E-state index in [1.165, 1.54) is 0 Å². The van der Waals surface area contributed by atoms with Crippen molar-refractivity contribution in [1.29, 1.82) is 0 Å². The molecule has 1 fully saturated rings. The second kappa shape index (κ2) is 8.06. The van der Waals surface area contributed by atoms with Gasteiger partial charge in [0.05, 0.1) is 6.04 Å². The van der Waals surface area contributed by atoms with Gasteiger partial charge in [0.1, 0.15) is 6.17 Å². The maximum absolute atomic E-state index is 12.6. The zero-order valence-corrected chi connectivity index (χ0v) is 14.3. The lowest BCUT2D eigenvalue weighted by Crippen LogP contribution is -2.32. The van der Waals surface area contributed by atoms with E-state index < -0.39 is 10.8 Å². The van der Waals surface area contributed by atoms with Crippen LogP contribution in [0.5, 0.6) is 0 Å². The Balaban J connectivity index is 2.04. The van der Waals surface area contributed by atoms with Gasteiger partial charge in [0.2, 0.25) is 5.91 Å². The summed E-state index contributed by atoms with van der Waals surface area (Å²) in [6.07, 6.45) is 5.54. The van der Waals surface area contributed by atoms with E-state index in [2.05, 4.69) is 23.7 Å².